The van der Waals surface area contributed by atoms with E-state index in [1.807, 2.05) is 0 Å². The standard InChI is InChI=1S/C18H19ClN2O4S/c1-25-15-6-2-13(3-7-15)12-21(17-10-11-20-18(17)22)26(23,24)16-8-4-14(19)5-9-16/h2-9,17H,10-12H2,1H3,(H,20,22)/t17-/m1/s1. The van der Waals surface area contributed by atoms with Gasteiger partial charge in [0.05, 0.1) is 12.0 Å². The summed E-state index contributed by atoms with van der Waals surface area (Å²) < 4.78 is 32.7. The number of nitrogens with zero attached hydrogens (tertiary/aromatic N) is 1. The molecule has 0 aliphatic carbocycles. The molecule has 0 bridgehead atoms. The first-order chi connectivity index (χ1) is 12.4. The molecule has 1 aliphatic heterocycles. The summed E-state index contributed by atoms with van der Waals surface area (Å²) in [5.74, 6) is 0.399. The number of rotatable bonds is 6. The Hall–Kier alpha value is -2.09. The number of ether oxygens (including phenoxy) is 1. The summed E-state index contributed by atoms with van der Waals surface area (Å²) in [5.41, 5.74) is 0.767. The van der Waals surface area contributed by atoms with Gasteiger partial charge < -0.3 is 10.1 Å². The molecule has 2 aromatic carbocycles. The first kappa shape index (κ1) is 18.7. The second kappa shape index (κ2) is 7.65. The van der Waals surface area contributed by atoms with E-state index < -0.39 is 16.1 Å². The predicted octanol–water partition coefficient (Wildman–Crippen LogP) is 2.43. The molecule has 8 heteroatoms. The van der Waals surface area contributed by atoms with Crippen molar-refractivity contribution in [3.8, 4) is 5.75 Å². The van der Waals surface area contributed by atoms with Crippen LogP contribution in [0.25, 0.3) is 0 Å². The number of hydrogen-bond acceptors (Lipinski definition) is 4. The number of nitrogens with one attached hydrogen (secondary N) is 1. The van der Waals surface area contributed by atoms with Crippen molar-refractivity contribution in [2.75, 3.05) is 13.7 Å². The third kappa shape index (κ3) is 3.85. The van der Waals surface area contributed by atoms with Crippen LogP contribution in [0.1, 0.15) is 12.0 Å². The zero-order valence-corrected chi connectivity index (χ0v) is 15.8. The second-order valence-corrected chi connectivity index (χ2v) is 8.27. The minimum absolute atomic E-state index is 0.0903. The molecule has 1 N–H and O–H groups in total. The third-order valence-electron chi connectivity index (χ3n) is 4.28. The highest BCUT2D eigenvalue weighted by atomic mass is 35.5. The van der Waals surface area contributed by atoms with E-state index >= 15 is 0 Å². The molecule has 1 amide bonds. The minimum Gasteiger partial charge on any atom is -0.497 e. The Morgan fingerprint density at radius 1 is 1.15 bits per heavy atom. The Morgan fingerprint density at radius 2 is 1.81 bits per heavy atom. The van der Waals surface area contributed by atoms with E-state index in [0.29, 0.717) is 23.7 Å². The van der Waals surface area contributed by atoms with Crippen LogP contribution < -0.4 is 10.1 Å². The Bertz CT molecular complexity index is 882. The summed E-state index contributed by atoms with van der Waals surface area (Å²) in [6.45, 7) is 0.547. The second-order valence-electron chi connectivity index (χ2n) is 5.95. The lowest BCUT2D eigenvalue weighted by Crippen LogP contribution is -2.43. The summed E-state index contributed by atoms with van der Waals surface area (Å²) in [6.07, 6.45) is 0.432. The van der Waals surface area contributed by atoms with Crippen molar-refractivity contribution in [2.24, 2.45) is 0 Å². The van der Waals surface area contributed by atoms with Crippen LogP contribution in [-0.2, 0) is 21.4 Å². The SMILES string of the molecule is COc1ccc(CN([C@@H]2CCNC2=O)S(=O)(=O)c2ccc(Cl)cc2)cc1. The van der Waals surface area contributed by atoms with Gasteiger partial charge in [-0.1, -0.05) is 23.7 Å². The fraction of sp³-hybridized carbons (Fsp3) is 0.278. The van der Waals surface area contributed by atoms with Gasteiger partial charge in [0, 0.05) is 18.1 Å². The number of amides is 1. The monoisotopic (exact) mass is 394 g/mol. The average molecular weight is 395 g/mol. The van der Waals surface area contributed by atoms with Crippen LogP contribution in [0.5, 0.6) is 5.75 Å². The number of methoxy groups -OCH3 is 1. The van der Waals surface area contributed by atoms with E-state index in [1.165, 1.54) is 28.6 Å². The van der Waals surface area contributed by atoms with Gasteiger partial charge in [-0.2, -0.15) is 4.31 Å². The first-order valence-corrected chi connectivity index (χ1v) is 9.91. The summed E-state index contributed by atoms with van der Waals surface area (Å²) in [4.78, 5) is 12.3. The lowest BCUT2D eigenvalue weighted by atomic mass is 10.2. The van der Waals surface area contributed by atoms with E-state index in [9.17, 15) is 13.2 Å². The van der Waals surface area contributed by atoms with Crippen molar-refractivity contribution >= 4 is 27.5 Å². The number of benzene rings is 2. The zero-order valence-electron chi connectivity index (χ0n) is 14.2. The molecule has 0 unspecified atom stereocenters. The fourth-order valence-electron chi connectivity index (χ4n) is 2.87. The molecule has 1 atom stereocenters. The lowest BCUT2D eigenvalue weighted by molar-refractivity contribution is -0.122. The molecule has 2 aromatic rings. The van der Waals surface area contributed by atoms with Crippen molar-refractivity contribution in [3.05, 3.63) is 59.1 Å². The van der Waals surface area contributed by atoms with Crippen LogP contribution in [-0.4, -0.2) is 38.3 Å². The predicted molar refractivity (Wildman–Crippen MR) is 98.6 cm³/mol. The minimum atomic E-state index is -3.87. The van der Waals surface area contributed by atoms with Gasteiger partial charge in [-0.05, 0) is 48.4 Å². The van der Waals surface area contributed by atoms with Crippen molar-refractivity contribution < 1.29 is 17.9 Å². The summed E-state index contributed by atoms with van der Waals surface area (Å²) in [6, 6.07) is 12.3. The van der Waals surface area contributed by atoms with Crippen LogP contribution in [0.2, 0.25) is 5.02 Å². The first-order valence-electron chi connectivity index (χ1n) is 8.10. The Labute approximate surface area is 157 Å². The van der Waals surface area contributed by atoms with Gasteiger partial charge in [0.15, 0.2) is 0 Å². The van der Waals surface area contributed by atoms with Gasteiger partial charge in [-0.15, -0.1) is 0 Å². The zero-order chi connectivity index (χ0) is 18.7. The van der Waals surface area contributed by atoms with Gasteiger partial charge in [0.2, 0.25) is 15.9 Å². The maximum absolute atomic E-state index is 13.2. The summed E-state index contributed by atoms with van der Waals surface area (Å²) in [5, 5.41) is 3.15. The van der Waals surface area contributed by atoms with Gasteiger partial charge in [0.1, 0.15) is 11.8 Å². The number of carbonyl (C=O) groups is 1. The maximum Gasteiger partial charge on any atom is 0.244 e. The molecule has 26 heavy (non-hydrogen) atoms. The van der Waals surface area contributed by atoms with Crippen LogP contribution >= 0.6 is 11.6 Å². The normalized spacial score (nSPS) is 17.3. The maximum atomic E-state index is 13.2. The molecule has 138 valence electrons. The van der Waals surface area contributed by atoms with Crippen molar-refractivity contribution in [3.63, 3.8) is 0 Å². The van der Waals surface area contributed by atoms with Crippen molar-refractivity contribution in [1.82, 2.24) is 9.62 Å². The lowest BCUT2D eigenvalue weighted by Gasteiger charge is -2.26. The molecule has 3 rings (SSSR count). The molecule has 0 spiro atoms. The molecule has 0 saturated carbocycles. The molecule has 0 radical (unpaired) electrons. The third-order valence-corrected chi connectivity index (χ3v) is 6.41. The van der Waals surface area contributed by atoms with Crippen LogP contribution in [0.3, 0.4) is 0 Å². The molecular formula is C18H19ClN2O4S. The Morgan fingerprint density at radius 3 is 2.35 bits per heavy atom. The Kier molecular flexibility index (Phi) is 5.50. The number of hydrogen-bond donors (Lipinski definition) is 1. The highest BCUT2D eigenvalue weighted by Gasteiger charge is 2.38. The molecule has 0 aromatic heterocycles. The van der Waals surface area contributed by atoms with E-state index in [0.717, 1.165) is 5.56 Å². The summed E-state index contributed by atoms with van der Waals surface area (Å²) in [7, 11) is -2.30. The average Bonchev–Trinajstić information content (AvgIpc) is 3.06. The van der Waals surface area contributed by atoms with Gasteiger partial charge in [-0.3, -0.25) is 4.79 Å². The number of carbonyl (C=O) groups excluding carboxylic acids is 1. The largest absolute Gasteiger partial charge is 0.497 e. The summed E-state index contributed by atoms with van der Waals surface area (Å²) >= 11 is 5.87. The van der Waals surface area contributed by atoms with Gasteiger partial charge in [0.25, 0.3) is 0 Å². The molecular weight excluding hydrogens is 376 g/mol. The number of sulfonamides is 1. The van der Waals surface area contributed by atoms with E-state index in [-0.39, 0.29) is 17.3 Å². The van der Waals surface area contributed by atoms with E-state index in [4.69, 9.17) is 16.3 Å². The molecule has 6 nitrogen and oxygen atoms in total. The molecule has 1 fully saturated rings. The molecule has 1 aliphatic rings. The van der Waals surface area contributed by atoms with Crippen LogP contribution in [0, 0.1) is 0 Å². The van der Waals surface area contributed by atoms with Crippen molar-refractivity contribution in [1.29, 1.82) is 0 Å². The van der Waals surface area contributed by atoms with Crippen LogP contribution in [0.4, 0.5) is 0 Å². The highest BCUT2D eigenvalue weighted by Crippen LogP contribution is 2.26. The van der Waals surface area contributed by atoms with Crippen molar-refractivity contribution in [2.45, 2.75) is 23.9 Å². The topological polar surface area (TPSA) is 75.7 Å². The highest BCUT2D eigenvalue weighted by molar-refractivity contribution is 7.89. The number of halogens is 1. The fourth-order valence-corrected chi connectivity index (χ4v) is 4.60. The van der Waals surface area contributed by atoms with E-state index in [2.05, 4.69) is 5.32 Å². The van der Waals surface area contributed by atoms with Crippen LogP contribution in [0.15, 0.2) is 53.4 Å². The van der Waals surface area contributed by atoms with Gasteiger partial charge >= 0.3 is 0 Å². The Balaban J connectivity index is 1.96. The molecule has 1 saturated heterocycles. The quantitative estimate of drug-likeness (QED) is 0.816. The smallest absolute Gasteiger partial charge is 0.244 e. The molecule has 1 heterocycles. The van der Waals surface area contributed by atoms with Gasteiger partial charge in [-0.25, -0.2) is 8.42 Å². The van der Waals surface area contributed by atoms with E-state index in [1.54, 1.807) is 31.4 Å².